The van der Waals surface area contributed by atoms with Crippen LogP contribution in [0.2, 0.25) is 0 Å². The van der Waals surface area contributed by atoms with E-state index in [1.807, 2.05) is 12.3 Å². The molecule has 186 valence electrons. The molecule has 0 spiro atoms. The molecular weight excluding hydrogens is 482 g/mol. The minimum absolute atomic E-state index is 1.03. The molecule has 0 unspecified atom stereocenters. The van der Waals surface area contributed by atoms with E-state index >= 15 is 0 Å². The Bertz CT molecular complexity index is 2150. The zero-order chi connectivity index (χ0) is 26.5. The highest BCUT2D eigenvalue weighted by Gasteiger charge is 2.20. The minimum atomic E-state index is 1.03. The van der Waals surface area contributed by atoms with Crippen LogP contribution in [0.5, 0.6) is 0 Å². The number of fused-ring (bicyclic) bond motifs is 4. The van der Waals surface area contributed by atoms with Crippen molar-refractivity contribution in [1.82, 2.24) is 4.98 Å². The normalized spacial score (nSPS) is 11.5. The number of benzene rings is 7. The number of nitrogens with zero attached hydrogens (tertiary/aromatic N) is 1. The van der Waals surface area contributed by atoms with Gasteiger partial charge in [-0.3, -0.25) is 4.98 Å². The Kier molecular flexibility index (Phi) is 5.21. The highest BCUT2D eigenvalue weighted by molar-refractivity contribution is 6.24. The average Bonchev–Trinajstić information content (AvgIpc) is 3.03. The maximum Gasteiger partial charge on any atom is 0.0780 e. The molecule has 1 heteroatoms. The van der Waals surface area contributed by atoms with Gasteiger partial charge in [0.05, 0.1) is 5.52 Å². The fraction of sp³-hybridized carbons (Fsp3) is 0. The molecule has 7 aromatic carbocycles. The fourth-order valence-corrected chi connectivity index (χ4v) is 6.32. The molecule has 0 saturated heterocycles. The third kappa shape index (κ3) is 3.52. The van der Waals surface area contributed by atoms with Crippen molar-refractivity contribution in [2.45, 2.75) is 0 Å². The Morgan fingerprint density at radius 1 is 0.350 bits per heavy atom. The second kappa shape index (κ2) is 9.18. The van der Waals surface area contributed by atoms with Crippen molar-refractivity contribution in [1.29, 1.82) is 0 Å². The Morgan fingerprint density at radius 3 is 1.50 bits per heavy atom. The molecule has 0 saturated carbocycles. The van der Waals surface area contributed by atoms with Crippen LogP contribution in [0.15, 0.2) is 152 Å². The smallest absolute Gasteiger partial charge is 0.0780 e. The van der Waals surface area contributed by atoms with Crippen LogP contribution in [-0.2, 0) is 0 Å². The predicted molar refractivity (Wildman–Crippen MR) is 171 cm³/mol. The maximum absolute atomic E-state index is 4.84. The highest BCUT2D eigenvalue weighted by atomic mass is 14.6. The van der Waals surface area contributed by atoms with Crippen molar-refractivity contribution < 1.29 is 0 Å². The first-order chi connectivity index (χ1) is 19.9. The van der Waals surface area contributed by atoms with Crippen LogP contribution in [0, 0.1) is 0 Å². The molecule has 0 bridgehead atoms. The van der Waals surface area contributed by atoms with E-state index in [9.17, 15) is 0 Å². The van der Waals surface area contributed by atoms with Crippen molar-refractivity contribution in [2.24, 2.45) is 0 Å². The lowest BCUT2D eigenvalue weighted by Crippen LogP contribution is -1.94. The predicted octanol–water partition coefficient (Wildman–Crippen LogP) is 10.7. The SMILES string of the molecule is c1ccc(-c2cc3ccccc3cc2-c2c3ccccc3c(-c3cccc4cccnc34)c3ccccc23)cc1. The number of pyridine rings is 1. The second-order valence-electron chi connectivity index (χ2n) is 10.3. The summed E-state index contributed by atoms with van der Waals surface area (Å²) in [6.07, 6.45) is 1.89. The van der Waals surface area contributed by atoms with E-state index < -0.39 is 0 Å². The molecule has 0 aliphatic carbocycles. The number of hydrogen-bond acceptors (Lipinski definition) is 1. The summed E-state index contributed by atoms with van der Waals surface area (Å²) >= 11 is 0. The molecule has 0 radical (unpaired) electrons. The summed E-state index contributed by atoms with van der Waals surface area (Å²) < 4.78 is 0. The van der Waals surface area contributed by atoms with Gasteiger partial charge in [0, 0.05) is 17.1 Å². The van der Waals surface area contributed by atoms with Gasteiger partial charge in [-0.2, -0.15) is 0 Å². The first-order valence-electron chi connectivity index (χ1n) is 13.7. The Morgan fingerprint density at radius 2 is 0.850 bits per heavy atom. The summed E-state index contributed by atoms with van der Waals surface area (Å²) in [4.78, 5) is 4.84. The van der Waals surface area contributed by atoms with E-state index in [1.165, 1.54) is 65.7 Å². The Balaban J connectivity index is 1.56. The van der Waals surface area contributed by atoms with Gasteiger partial charge in [-0.05, 0) is 78.3 Å². The van der Waals surface area contributed by atoms with Gasteiger partial charge in [-0.25, -0.2) is 0 Å². The molecule has 8 rings (SSSR count). The van der Waals surface area contributed by atoms with Gasteiger partial charge in [0.2, 0.25) is 0 Å². The maximum atomic E-state index is 4.84. The molecule has 0 fully saturated rings. The van der Waals surface area contributed by atoms with Crippen molar-refractivity contribution in [3.8, 4) is 33.4 Å². The highest BCUT2D eigenvalue weighted by Crippen LogP contribution is 2.47. The quantitative estimate of drug-likeness (QED) is 0.217. The molecule has 0 atom stereocenters. The van der Waals surface area contributed by atoms with E-state index in [0.717, 1.165) is 10.9 Å². The largest absolute Gasteiger partial charge is 0.256 e. The Labute approximate surface area is 233 Å². The van der Waals surface area contributed by atoms with Gasteiger partial charge in [0.25, 0.3) is 0 Å². The molecule has 1 aromatic heterocycles. The van der Waals surface area contributed by atoms with E-state index in [0.29, 0.717) is 0 Å². The van der Waals surface area contributed by atoms with E-state index in [4.69, 9.17) is 4.98 Å². The Hall–Kier alpha value is -5.27. The summed E-state index contributed by atoms with van der Waals surface area (Å²) in [5, 5.41) is 8.61. The molecular formula is C39H25N. The summed E-state index contributed by atoms with van der Waals surface area (Å²) in [7, 11) is 0. The lowest BCUT2D eigenvalue weighted by molar-refractivity contribution is 1.41. The fourth-order valence-electron chi connectivity index (χ4n) is 6.32. The van der Waals surface area contributed by atoms with Crippen LogP contribution in [0.3, 0.4) is 0 Å². The van der Waals surface area contributed by atoms with Crippen LogP contribution < -0.4 is 0 Å². The molecule has 1 heterocycles. The van der Waals surface area contributed by atoms with Crippen LogP contribution in [0.1, 0.15) is 0 Å². The number of para-hydroxylation sites is 1. The minimum Gasteiger partial charge on any atom is -0.256 e. The molecule has 0 amide bonds. The molecule has 0 aliphatic heterocycles. The first-order valence-corrected chi connectivity index (χ1v) is 13.7. The number of rotatable bonds is 3. The monoisotopic (exact) mass is 507 g/mol. The summed E-state index contributed by atoms with van der Waals surface area (Å²) in [5.74, 6) is 0. The number of aromatic nitrogens is 1. The standard InChI is InChI=1S/C39H25N/c1-2-12-26(13-3-1)35-24-28-14-4-5-15-29(28)25-36(35)38-32-20-8-6-18-30(32)37(31-19-7-9-21-33(31)38)34-22-10-16-27-17-11-23-40-39(27)34/h1-25H. The van der Waals surface area contributed by atoms with E-state index in [-0.39, 0.29) is 0 Å². The van der Waals surface area contributed by atoms with E-state index in [1.54, 1.807) is 0 Å². The molecule has 1 nitrogen and oxygen atoms in total. The van der Waals surface area contributed by atoms with Gasteiger partial charge < -0.3 is 0 Å². The van der Waals surface area contributed by atoms with Crippen molar-refractivity contribution >= 4 is 43.2 Å². The lowest BCUT2D eigenvalue weighted by atomic mass is 9.82. The summed E-state index contributed by atoms with van der Waals surface area (Å²) in [6.45, 7) is 0. The van der Waals surface area contributed by atoms with Gasteiger partial charge in [-0.15, -0.1) is 0 Å². The van der Waals surface area contributed by atoms with Gasteiger partial charge in [0.15, 0.2) is 0 Å². The van der Waals surface area contributed by atoms with Gasteiger partial charge >= 0.3 is 0 Å². The first kappa shape index (κ1) is 22.7. The van der Waals surface area contributed by atoms with Crippen LogP contribution in [-0.4, -0.2) is 4.98 Å². The third-order valence-electron chi connectivity index (χ3n) is 8.07. The van der Waals surface area contributed by atoms with E-state index in [2.05, 4.69) is 140 Å². The molecule has 40 heavy (non-hydrogen) atoms. The summed E-state index contributed by atoms with van der Waals surface area (Å²) in [5.41, 5.74) is 8.42. The second-order valence-corrected chi connectivity index (χ2v) is 10.3. The van der Waals surface area contributed by atoms with Gasteiger partial charge in [-0.1, -0.05) is 127 Å². The van der Waals surface area contributed by atoms with Crippen LogP contribution >= 0.6 is 0 Å². The molecule has 0 aliphatic rings. The van der Waals surface area contributed by atoms with Crippen molar-refractivity contribution in [3.63, 3.8) is 0 Å². The van der Waals surface area contributed by atoms with Crippen molar-refractivity contribution in [2.75, 3.05) is 0 Å². The number of hydrogen-bond donors (Lipinski definition) is 0. The van der Waals surface area contributed by atoms with Gasteiger partial charge in [0.1, 0.15) is 0 Å². The molecule has 8 aromatic rings. The van der Waals surface area contributed by atoms with Crippen LogP contribution in [0.4, 0.5) is 0 Å². The summed E-state index contributed by atoms with van der Waals surface area (Å²) in [6, 6.07) is 52.6. The lowest BCUT2D eigenvalue weighted by Gasteiger charge is -2.20. The molecule has 0 N–H and O–H groups in total. The zero-order valence-electron chi connectivity index (χ0n) is 21.9. The topological polar surface area (TPSA) is 12.9 Å². The van der Waals surface area contributed by atoms with Crippen LogP contribution in [0.25, 0.3) is 76.6 Å². The third-order valence-corrected chi connectivity index (χ3v) is 8.07. The van der Waals surface area contributed by atoms with Crippen molar-refractivity contribution in [3.05, 3.63) is 152 Å². The average molecular weight is 508 g/mol. The zero-order valence-corrected chi connectivity index (χ0v) is 21.9.